The molecule has 1 fully saturated rings. The number of carbonyl (C=O) groups excluding carboxylic acids is 3. The highest BCUT2D eigenvalue weighted by Crippen LogP contribution is 2.30. The zero-order valence-corrected chi connectivity index (χ0v) is 19.1. The molecule has 1 rings (SSSR count). The van der Waals surface area contributed by atoms with Crippen LogP contribution in [0, 0.1) is 17.4 Å². The molecule has 7 heteroatoms. The molecule has 1 saturated heterocycles. The van der Waals surface area contributed by atoms with Crippen molar-refractivity contribution in [2.24, 2.45) is 5.92 Å². The fourth-order valence-corrected chi connectivity index (χ4v) is 3.17. The monoisotopic (exact) mass is 395 g/mol. The summed E-state index contributed by atoms with van der Waals surface area (Å²) < 4.78 is 10.8. The topological polar surface area (TPSA) is 72.9 Å². The lowest BCUT2D eigenvalue weighted by Gasteiger charge is -2.28. The van der Waals surface area contributed by atoms with Crippen LogP contribution in [0.4, 0.5) is 4.79 Å². The van der Waals surface area contributed by atoms with Crippen molar-refractivity contribution in [2.45, 2.75) is 91.3 Å². The molecule has 0 spiro atoms. The van der Waals surface area contributed by atoms with Crippen molar-refractivity contribution in [3.8, 4) is 11.5 Å². The van der Waals surface area contributed by atoms with E-state index in [1.807, 2.05) is 0 Å². The molecule has 2 atom stereocenters. The van der Waals surface area contributed by atoms with E-state index in [4.69, 9.17) is 9.47 Å². The predicted octanol–water partition coefficient (Wildman–Crippen LogP) is 3.75. The number of rotatable bonds is 2. The van der Waals surface area contributed by atoms with Crippen LogP contribution in [0.3, 0.4) is 0 Å². The fraction of sp³-hybridized carbons (Fsp3) is 0.750. The van der Waals surface area contributed by atoms with Crippen LogP contribution in [0.15, 0.2) is 0 Å². The minimum Gasteiger partial charge on any atom is -0.458 e. The average molecular weight is 396 g/mol. The van der Waals surface area contributed by atoms with E-state index in [2.05, 4.69) is 31.1 Å². The van der Waals surface area contributed by atoms with E-state index in [1.165, 1.54) is 0 Å². The lowest BCUT2D eigenvalue weighted by Crippen LogP contribution is -2.47. The molecule has 0 radical (unpaired) electrons. The molecule has 152 valence electrons. The van der Waals surface area contributed by atoms with Crippen molar-refractivity contribution in [3.63, 3.8) is 0 Å². The van der Waals surface area contributed by atoms with Crippen LogP contribution in [0.25, 0.3) is 0 Å². The molecule has 0 unspecified atom stereocenters. The molecule has 0 aromatic rings. The number of esters is 1. The van der Waals surface area contributed by atoms with Gasteiger partial charge in [0.25, 0.3) is 0 Å². The van der Waals surface area contributed by atoms with Crippen molar-refractivity contribution in [1.82, 2.24) is 4.90 Å². The second-order valence-electron chi connectivity index (χ2n) is 9.93. The Morgan fingerprint density at radius 1 is 1.07 bits per heavy atom. The highest BCUT2D eigenvalue weighted by atomic mass is 28.3. The number of nitrogens with zero attached hydrogens (tertiary/aromatic N) is 1. The molecule has 1 aliphatic heterocycles. The second-order valence-corrected chi connectivity index (χ2v) is 14.7. The molecule has 2 amide bonds. The summed E-state index contributed by atoms with van der Waals surface area (Å²) in [6.45, 7) is 16.7. The van der Waals surface area contributed by atoms with Crippen LogP contribution in [-0.2, 0) is 19.1 Å². The summed E-state index contributed by atoms with van der Waals surface area (Å²) >= 11 is 0. The van der Waals surface area contributed by atoms with Crippen molar-refractivity contribution in [2.75, 3.05) is 0 Å². The van der Waals surface area contributed by atoms with Crippen LogP contribution < -0.4 is 0 Å². The third-order valence-corrected chi connectivity index (χ3v) is 4.41. The molecule has 0 saturated carbocycles. The Kier molecular flexibility index (Phi) is 6.93. The van der Waals surface area contributed by atoms with E-state index in [-0.39, 0.29) is 6.42 Å². The quantitative estimate of drug-likeness (QED) is 0.404. The summed E-state index contributed by atoms with van der Waals surface area (Å²) in [6, 6.07) is -0.981. The fourth-order valence-electron chi connectivity index (χ4n) is 2.54. The van der Waals surface area contributed by atoms with Crippen LogP contribution in [-0.4, -0.2) is 48.2 Å². The number of likely N-dealkylation sites (tertiary alicyclic amines) is 1. The van der Waals surface area contributed by atoms with Crippen LogP contribution in [0.5, 0.6) is 0 Å². The van der Waals surface area contributed by atoms with Crippen LogP contribution in [0.2, 0.25) is 19.6 Å². The number of imide groups is 1. The summed E-state index contributed by atoms with van der Waals surface area (Å²) in [6.07, 6.45) is -0.293. The summed E-state index contributed by atoms with van der Waals surface area (Å²) in [5, 5.41) is 0. The van der Waals surface area contributed by atoms with Gasteiger partial charge < -0.3 is 9.47 Å². The second kappa shape index (κ2) is 8.05. The Balaban J connectivity index is 3.08. The Morgan fingerprint density at radius 2 is 1.59 bits per heavy atom. The van der Waals surface area contributed by atoms with E-state index >= 15 is 0 Å². The normalized spacial score (nSPS) is 20.8. The molecular formula is C20H33NO5Si. The summed E-state index contributed by atoms with van der Waals surface area (Å²) in [5.41, 5.74) is 1.73. The van der Waals surface area contributed by atoms with Crippen LogP contribution >= 0.6 is 0 Å². The Morgan fingerprint density at radius 3 is 2.04 bits per heavy atom. The van der Waals surface area contributed by atoms with Gasteiger partial charge in [0.05, 0.1) is 5.92 Å². The van der Waals surface area contributed by atoms with E-state index < -0.39 is 49.2 Å². The van der Waals surface area contributed by atoms with Gasteiger partial charge in [-0.05, 0) is 48.0 Å². The summed E-state index contributed by atoms with van der Waals surface area (Å²) in [5.74, 6) is 1.54. The van der Waals surface area contributed by atoms with Crippen molar-refractivity contribution < 1.29 is 23.9 Å². The highest BCUT2D eigenvalue weighted by Gasteiger charge is 2.49. The molecule has 0 aliphatic carbocycles. The molecular weight excluding hydrogens is 362 g/mol. The molecule has 6 nitrogen and oxygen atoms in total. The molecule has 0 aromatic heterocycles. The minimum atomic E-state index is -1.56. The van der Waals surface area contributed by atoms with Crippen molar-refractivity contribution in [3.05, 3.63) is 0 Å². The van der Waals surface area contributed by atoms with Gasteiger partial charge in [0.15, 0.2) is 0 Å². The van der Waals surface area contributed by atoms with Gasteiger partial charge in [-0.25, -0.2) is 14.5 Å². The van der Waals surface area contributed by atoms with E-state index in [0.717, 1.165) is 4.90 Å². The van der Waals surface area contributed by atoms with E-state index in [0.29, 0.717) is 6.42 Å². The molecule has 27 heavy (non-hydrogen) atoms. The third-order valence-electron chi connectivity index (χ3n) is 3.49. The number of ether oxygens (including phenoxy) is 2. The van der Waals surface area contributed by atoms with Gasteiger partial charge in [-0.2, -0.15) is 0 Å². The summed E-state index contributed by atoms with van der Waals surface area (Å²) in [4.78, 5) is 38.9. The first-order valence-corrected chi connectivity index (χ1v) is 12.8. The maximum Gasteiger partial charge on any atom is 0.417 e. The first-order valence-electron chi connectivity index (χ1n) is 9.29. The number of hydrogen-bond acceptors (Lipinski definition) is 5. The summed E-state index contributed by atoms with van der Waals surface area (Å²) in [7, 11) is -1.56. The van der Waals surface area contributed by atoms with Crippen molar-refractivity contribution in [1.29, 1.82) is 0 Å². The Hall–Kier alpha value is -1.81. The minimum absolute atomic E-state index is 0.202. The third kappa shape index (κ3) is 7.75. The molecule has 1 heterocycles. The van der Waals surface area contributed by atoms with Gasteiger partial charge in [-0.15, -0.1) is 11.5 Å². The van der Waals surface area contributed by atoms with Gasteiger partial charge >= 0.3 is 12.1 Å². The lowest BCUT2D eigenvalue weighted by molar-refractivity contribution is -0.161. The number of amides is 2. The zero-order chi connectivity index (χ0) is 21.2. The van der Waals surface area contributed by atoms with Crippen LogP contribution in [0.1, 0.15) is 54.4 Å². The van der Waals surface area contributed by atoms with E-state index in [1.54, 1.807) is 41.5 Å². The van der Waals surface area contributed by atoms with Gasteiger partial charge in [-0.1, -0.05) is 19.6 Å². The first kappa shape index (κ1) is 23.2. The Labute approximate surface area is 164 Å². The van der Waals surface area contributed by atoms with Gasteiger partial charge in [0, 0.05) is 6.42 Å². The van der Waals surface area contributed by atoms with Crippen molar-refractivity contribution >= 4 is 26.0 Å². The first-order chi connectivity index (χ1) is 12.0. The molecule has 0 bridgehead atoms. The molecule has 0 aromatic carbocycles. The zero-order valence-electron chi connectivity index (χ0n) is 18.1. The maximum atomic E-state index is 12.8. The Bertz CT molecular complexity index is 655. The van der Waals surface area contributed by atoms with E-state index in [9.17, 15) is 14.4 Å². The highest BCUT2D eigenvalue weighted by molar-refractivity contribution is 6.83. The number of carbonyl (C=O) groups is 3. The SMILES string of the molecule is CC(C)(C)OC(=O)[C@@H]1C[C@H](CC#C[Si](C)(C)C)C(=O)N1C(=O)OC(C)(C)C. The molecule has 1 aliphatic rings. The lowest BCUT2D eigenvalue weighted by atomic mass is 10.0. The maximum absolute atomic E-state index is 12.8. The largest absolute Gasteiger partial charge is 0.458 e. The van der Waals surface area contributed by atoms with Gasteiger partial charge in [-0.3, -0.25) is 4.79 Å². The van der Waals surface area contributed by atoms with Gasteiger partial charge in [0.2, 0.25) is 5.91 Å². The average Bonchev–Trinajstić information content (AvgIpc) is 2.71. The molecule has 0 N–H and O–H groups in total. The number of hydrogen-bond donors (Lipinski definition) is 0. The standard InChI is InChI=1S/C20H33NO5Si/c1-19(2,3)25-17(23)15-13-14(11-10-12-27(7,8)9)16(22)21(15)18(24)26-20(4,5)6/h14-15H,11,13H2,1-9H3/t14-,15-/m0/s1. The predicted molar refractivity (Wildman–Crippen MR) is 107 cm³/mol. The smallest absolute Gasteiger partial charge is 0.417 e. The van der Waals surface area contributed by atoms with Gasteiger partial charge in [0.1, 0.15) is 25.3 Å².